The molecule has 0 aliphatic rings. The van der Waals surface area contributed by atoms with Crippen molar-refractivity contribution >= 4 is 12.0 Å². The molecule has 25 heavy (non-hydrogen) atoms. The van der Waals surface area contributed by atoms with E-state index in [9.17, 15) is 9.18 Å². The fourth-order valence-corrected chi connectivity index (χ4v) is 2.55. The number of nitrogens with one attached hydrogen (secondary N) is 1. The zero-order valence-corrected chi connectivity index (χ0v) is 14.8. The maximum Gasteiger partial charge on any atom is 0.244 e. The smallest absolute Gasteiger partial charge is 0.244 e. The van der Waals surface area contributed by atoms with E-state index in [1.807, 2.05) is 24.3 Å². The normalized spacial score (nSPS) is 12.4. The lowest BCUT2D eigenvalue weighted by atomic mass is 9.97. The van der Waals surface area contributed by atoms with Gasteiger partial charge in [0.25, 0.3) is 0 Å². The minimum Gasteiger partial charge on any atom is -0.497 e. The molecule has 3 nitrogen and oxygen atoms in total. The summed E-state index contributed by atoms with van der Waals surface area (Å²) in [4.78, 5) is 12.3. The minimum absolute atomic E-state index is 0.0729. The molecule has 2 aromatic carbocycles. The van der Waals surface area contributed by atoms with E-state index in [1.165, 1.54) is 18.2 Å². The molecule has 2 aromatic rings. The van der Waals surface area contributed by atoms with Crippen molar-refractivity contribution in [1.82, 2.24) is 5.32 Å². The fraction of sp³-hybridized carbons (Fsp3) is 0.286. The van der Waals surface area contributed by atoms with Crippen LogP contribution in [0.1, 0.15) is 37.4 Å². The second kappa shape index (κ2) is 9.02. The highest BCUT2D eigenvalue weighted by atomic mass is 19.1. The highest BCUT2D eigenvalue weighted by Crippen LogP contribution is 2.23. The summed E-state index contributed by atoms with van der Waals surface area (Å²) in [5.41, 5.74) is 1.82. The van der Waals surface area contributed by atoms with Crippen LogP contribution in [-0.4, -0.2) is 13.0 Å². The maximum absolute atomic E-state index is 12.9. The second-order valence-corrected chi connectivity index (χ2v) is 6.35. The number of amides is 1. The Kier molecular flexibility index (Phi) is 6.75. The number of carbonyl (C=O) groups is 1. The molecule has 2 rings (SSSR count). The largest absolute Gasteiger partial charge is 0.497 e. The number of hydrogen-bond acceptors (Lipinski definition) is 2. The van der Waals surface area contributed by atoms with Crippen LogP contribution < -0.4 is 10.1 Å². The molecule has 0 bridgehead atoms. The van der Waals surface area contributed by atoms with Gasteiger partial charge in [-0.15, -0.1) is 0 Å². The van der Waals surface area contributed by atoms with Crippen molar-refractivity contribution in [1.29, 1.82) is 0 Å². The van der Waals surface area contributed by atoms with Crippen LogP contribution in [0.25, 0.3) is 6.08 Å². The van der Waals surface area contributed by atoms with Gasteiger partial charge < -0.3 is 10.1 Å². The van der Waals surface area contributed by atoms with Gasteiger partial charge in [-0.2, -0.15) is 0 Å². The first-order chi connectivity index (χ1) is 12.0. The van der Waals surface area contributed by atoms with Crippen LogP contribution in [-0.2, 0) is 4.79 Å². The van der Waals surface area contributed by atoms with Crippen molar-refractivity contribution in [3.63, 3.8) is 0 Å². The lowest BCUT2D eigenvalue weighted by Gasteiger charge is -2.20. The topological polar surface area (TPSA) is 38.3 Å². The van der Waals surface area contributed by atoms with Crippen molar-refractivity contribution in [2.45, 2.75) is 26.3 Å². The van der Waals surface area contributed by atoms with Gasteiger partial charge in [-0.25, -0.2) is 4.39 Å². The molecule has 0 aromatic heterocycles. The molecule has 0 aliphatic heterocycles. The molecule has 0 aliphatic carbocycles. The Morgan fingerprint density at radius 1 is 1.12 bits per heavy atom. The first kappa shape index (κ1) is 18.7. The van der Waals surface area contributed by atoms with Gasteiger partial charge in [-0.3, -0.25) is 4.79 Å². The van der Waals surface area contributed by atoms with Gasteiger partial charge in [0.2, 0.25) is 5.91 Å². The van der Waals surface area contributed by atoms with Gasteiger partial charge in [0, 0.05) is 6.08 Å². The van der Waals surface area contributed by atoms with Gasteiger partial charge in [0.1, 0.15) is 11.6 Å². The summed E-state index contributed by atoms with van der Waals surface area (Å²) in [5.74, 6) is 0.756. The molecule has 1 N–H and O–H groups in total. The highest BCUT2D eigenvalue weighted by Gasteiger charge is 2.15. The van der Waals surface area contributed by atoms with Gasteiger partial charge in [0.05, 0.1) is 13.2 Å². The fourth-order valence-electron chi connectivity index (χ4n) is 2.55. The van der Waals surface area contributed by atoms with Crippen LogP contribution in [0.5, 0.6) is 5.75 Å². The van der Waals surface area contributed by atoms with E-state index < -0.39 is 0 Å². The Labute approximate surface area is 148 Å². The van der Waals surface area contributed by atoms with Gasteiger partial charge in [-0.05, 0) is 53.8 Å². The van der Waals surface area contributed by atoms with Crippen LogP contribution in [0.2, 0.25) is 0 Å². The third-order valence-electron chi connectivity index (χ3n) is 3.84. The summed E-state index contributed by atoms with van der Waals surface area (Å²) in [7, 11) is 1.63. The lowest BCUT2D eigenvalue weighted by Crippen LogP contribution is -2.27. The van der Waals surface area contributed by atoms with E-state index in [-0.39, 0.29) is 17.8 Å². The van der Waals surface area contributed by atoms with Crippen molar-refractivity contribution in [2.24, 2.45) is 5.92 Å². The molecule has 4 heteroatoms. The quantitative estimate of drug-likeness (QED) is 0.738. The zero-order valence-electron chi connectivity index (χ0n) is 14.8. The molecule has 1 atom stereocenters. The first-order valence-electron chi connectivity index (χ1n) is 8.36. The summed E-state index contributed by atoms with van der Waals surface area (Å²) >= 11 is 0. The Bertz CT molecular complexity index is 706. The zero-order chi connectivity index (χ0) is 18.2. The van der Waals surface area contributed by atoms with Crippen LogP contribution in [0.15, 0.2) is 54.6 Å². The third-order valence-corrected chi connectivity index (χ3v) is 3.84. The van der Waals surface area contributed by atoms with E-state index in [0.717, 1.165) is 23.3 Å². The van der Waals surface area contributed by atoms with E-state index in [1.54, 1.807) is 25.3 Å². The first-order valence-corrected chi connectivity index (χ1v) is 8.36. The molecule has 0 spiro atoms. The van der Waals surface area contributed by atoms with E-state index in [2.05, 4.69) is 19.2 Å². The average molecular weight is 341 g/mol. The van der Waals surface area contributed by atoms with Crippen LogP contribution in [0.4, 0.5) is 4.39 Å². The average Bonchev–Trinajstić information content (AvgIpc) is 2.60. The van der Waals surface area contributed by atoms with Crippen molar-refractivity contribution in [2.75, 3.05) is 7.11 Å². The second-order valence-electron chi connectivity index (χ2n) is 6.35. The number of benzene rings is 2. The number of ether oxygens (including phenoxy) is 1. The van der Waals surface area contributed by atoms with Gasteiger partial charge in [-0.1, -0.05) is 38.1 Å². The van der Waals surface area contributed by atoms with Gasteiger partial charge in [0.15, 0.2) is 0 Å². The van der Waals surface area contributed by atoms with E-state index in [4.69, 9.17) is 4.74 Å². The van der Waals surface area contributed by atoms with Crippen LogP contribution in [0, 0.1) is 11.7 Å². The molecular formula is C21H24FNO2. The summed E-state index contributed by atoms with van der Waals surface area (Å²) in [6.07, 6.45) is 3.99. The maximum atomic E-state index is 12.9. The van der Waals surface area contributed by atoms with Crippen molar-refractivity contribution in [3.8, 4) is 5.75 Å². The number of rotatable bonds is 7. The summed E-state index contributed by atoms with van der Waals surface area (Å²) in [6, 6.07) is 13.7. The monoisotopic (exact) mass is 341 g/mol. The molecule has 0 radical (unpaired) electrons. The van der Waals surface area contributed by atoms with Gasteiger partial charge >= 0.3 is 0 Å². The summed E-state index contributed by atoms with van der Waals surface area (Å²) in [5, 5.41) is 3.04. The molecule has 132 valence electrons. The minimum atomic E-state index is -0.293. The molecule has 0 heterocycles. The standard InChI is InChI=1S/C21H24FNO2/c1-15(2)14-20(17-7-11-19(25-3)12-8-17)23-21(24)13-6-16-4-9-18(22)10-5-16/h4-13,15,20H,14H2,1-3H3,(H,23,24)/b13-6+/t20-/m1/s1. The van der Waals surface area contributed by atoms with Crippen molar-refractivity contribution < 1.29 is 13.9 Å². The Morgan fingerprint density at radius 2 is 1.76 bits per heavy atom. The Morgan fingerprint density at radius 3 is 2.32 bits per heavy atom. The van der Waals surface area contributed by atoms with Crippen LogP contribution >= 0.6 is 0 Å². The Hall–Kier alpha value is -2.62. The summed E-state index contributed by atoms with van der Waals surface area (Å²) < 4.78 is 18.1. The van der Waals surface area contributed by atoms with Crippen LogP contribution in [0.3, 0.4) is 0 Å². The Balaban J connectivity index is 2.07. The summed E-state index contributed by atoms with van der Waals surface area (Å²) in [6.45, 7) is 4.24. The highest BCUT2D eigenvalue weighted by molar-refractivity contribution is 5.92. The predicted molar refractivity (Wildman–Crippen MR) is 98.8 cm³/mol. The lowest BCUT2D eigenvalue weighted by molar-refractivity contribution is -0.117. The van der Waals surface area contributed by atoms with Crippen molar-refractivity contribution in [3.05, 3.63) is 71.6 Å². The molecular weight excluding hydrogens is 317 g/mol. The third kappa shape index (κ3) is 6.07. The number of hydrogen-bond donors (Lipinski definition) is 1. The SMILES string of the molecule is COc1ccc([C@@H](CC(C)C)NC(=O)/C=C/c2ccc(F)cc2)cc1. The predicted octanol–water partition coefficient (Wildman–Crippen LogP) is 4.75. The molecule has 0 fully saturated rings. The van der Waals surface area contributed by atoms with E-state index >= 15 is 0 Å². The number of methoxy groups -OCH3 is 1. The molecule has 0 unspecified atom stereocenters. The number of carbonyl (C=O) groups excluding carboxylic acids is 1. The molecule has 1 amide bonds. The van der Waals surface area contributed by atoms with E-state index in [0.29, 0.717) is 5.92 Å². The number of halogens is 1. The molecule has 0 saturated heterocycles. The molecule has 0 saturated carbocycles.